The SMILES string of the molecule is COCC(CO)NC(=O)c1cc(F)c(F)cc1Cl. The van der Waals surface area contributed by atoms with Gasteiger partial charge < -0.3 is 15.2 Å². The van der Waals surface area contributed by atoms with Gasteiger partial charge >= 0.3 is 0 Å². The second kappa shape index (κ2) is 6.63. The molecular weight excluding hydrogens is 268 g/mol. The van der Waals surface area contributed by atoms with Gasteiger partial charge in [0.15, 0.2) is 11.6 Å². The number of aliphatic hydroxyl groups is 1. The van der Waals surface area contributed by atoms with Crippen molar-refractivity contribution in [1.82, 2.24) is 5.32 Å². The van der Waals surface area contributed by atoms with Crippen LogP contribution in [0, 0.1) is 11.6 Å². The van der Waals surface area contributed by atoms with E-state index in [9.17, 15) is 13.6 Å². The average Bonchev–Trinajstić information content (AvgIpc) is 2.33. The molecule has 0 fully saturated rings. The number of rotatable bonds is 5. The van der Waals surface area contributed by atoms with Crippen LogP contribution in [-0.2, 0) is 4.74 Å². The number of nitrogens with one attached hydrogen (secondary N) is 1. The van der Waals surface area contributed by atoms with E-state index in [-0.39, 0.29) is 23.8 Å². The number of carbonyl (C=O) groups is 1. The number of halogens is 3. The molecule has 0 saturated heterocycles. The van der Waals surface area contributed by atoms with Crippen molar-refractivity contribution >= 4 is 17.5 Å². The van der Waals surface area contributed by atoms with Crippen molar-refractivity contribution in [3.05, 3.63) is 34.4 Å². The normalized spacial score (nSPS) is 12.3. The Morgan fingerprint density at radius 3 is 2.67 bits per heavy atom. The molecule has 1 unspecified atom stereocenters. The van der Waals surface area contributed by atoms with Crippen LogP contribution in [0.5, 0.6) is 0 Å². The third-order valence-corrected chi connectivity index (χ3v) is 2.49. The summed E-state index contributed by atoms with van der Waals surface area (Å²) in [5.74, 6) is -3.01. The third-order valence-electron chi connectivity index (χ3n) is 2.18. The summed E-state index contributed by atoms with van der Waals surface area (Å²) in [7, 11) is 1.40. The number of methoxy groups -OCH3 is 1. The fourth-order valence-corrected chi connectivity index (χ4v) is 1.54. The zero-order valence-corrected chi connectivity index (χ0v) is 10.3. The van der Waals surface area contributed by atoms with Gasteiger partial charge in [-0.2, -0.15) is 0 Å². The summed E-state index contributed by atoms with van der Waals surface area (Å²) in [6.07, 6.45) is 0. The van der Waals surface area contributed by atoms with Gasteiger partial charge in [0.2, 0.25) is 0 Å². The number of hydrogen-bond donors (Lipinski definition) is 2. The molecule has 18 heavy (non-hydrogen) atoms. The summed E-state index contributed by atoms with van der Waals surface area (Å²) in [6.45, 7) is -0.260. The van der Waals surface area contributed by atoms with E-state index in [2.05, 4.69) is 5.32 Å². The summed E-state index contributed by atoms with van der Waals surface area (Å²) in [5.41, 5.74) is -0.204. The molecule has 7 heteroatoms. The minimum atomic E-state index is -1.17. The van der Waals surface area contributed by atoms with E-state index in [4.69, 9.17) is 21.4 Å². The van der Waals surface area contributed by atoms with Crippen LogP contribution < -0.4 is 5.32 Å². The number of benzene rings is 1. The van der Waals surface area contributed by atoms with Gasteiger partial charge in [0.25, 0.3) is 5.91 Å². The van der Waals surface area contributed by atoms with Gasteiger partial charge in [0.1, 0.15) is 0 Å². The van der Waals surface area contributed by atoms with Crippen LogP contribution in [0.15, 0.2) is 12.1 Å². The monoisotopic (exact) mass is 279 g/mol. The predicted octanol–water partition coefficient (Wildman–Crippen LogP) is 1.36. The molecule has 1 aromatic carbocycles. The average molecular weight is 280 g/mol. The van der Waals surface area contributed by atoms with Crippen molar-refractivity contribution in [2.24, 2.45) is 0 Å². The number of hydrogen-bond acceptors (Lipinski definition) is 3. The molecule has 1 atom stereocenters. The second-order valence-electron chi connectivity index (χ2n) is 3.55. The zero-order chi connectivity index (χ0) is 13.7. The van der Waals surface area contributed by atoms with Crippen LogP contribution in [0.4, 0.5) is 8.78 Å². The Bertz CT molecular complexity index is 443. The Morgan fingerprint density at radius 2 is 2.11 bits per heavy atom. The smallest absolute Gasteiger partial charge is 0.253 e. The molecule has 0 radical (unpaired) electrons. The van der Waals surface area contributed by atoms with Gasteiger partial charge in [0, 0.05) is 7.11 Å². The molecule has 1 rings (SSSR count). The highest BCUT2D eigenvalue weighted by Gasteiger charge is 2.18. The van der Waals surface area contributed by atoms with Crippen molar-refractivity contribution < 1.29 is 23.4 Å². The van der Waals surface area contributed by atoms with E-state index in [1.54, 1.807) is 0 Å². The second-order valence-corrected chi connectivity index (χ2v) is 3.96. The highest BCUT2D eigenvalue weighted by molar-refractivity contribution is 6.33. The molecule has 0 aliphatic carbocycles. The summed E-state index contributed by atoms with van der Waals surface area (Å²) in [6, 6.07) is 0.774. The molecule has 0 bridgehead atoms. The van der Waals surface area contributed by atoms with Crippen molar-refractivity contribution in [3.63, 3.8) is 0 Å². The fraction of sp³-hybridized carbons (Fsp3) is 0.364. The van der Waals surface area contributed by atoms with Crippen molar-refractivity contribution in [2.75, 3.05) is 20.3 Å². The zero-order valence-electron chi connectivity index (χ0n) is 9.54. The van der Waals surface area contributed by atoms with E-state index in [1.807, 2.05) is 0 Å². The number of amides is 1. The Labute approximate surface area is 108 Å². The van der Waals surface area contributed by atoms with Crippen LogP contribution in [0.25, 0.3) is 0 Å². The first kappa shape index (κ1) is 14.8. The molecular formula is C11H12ClF2NO3. The topological polar surface area (TPSA) is 58.6 Å². The lowest BCUT2D eigenvalue weighted by Gasteiger charge is -2.15. The van der Waals surface area contributed by atoms with E-state index in [1.165, 1.54) is 7.11 Å². The maximum Gasteiger partial charge on any atom is 0.253 e. The summed E-state index contributed by atoms with van der Waals surface area (Å²) in [4.78, 5) is 11.7. The Balaban J connectivity index is 2.87. The number of carbonyl (C=O) groups excluding carboxylic acids is 1. The minimum absolute atomic E-state index is 0.0868. The molecule has 100 valence electrons. The van der Waals surface area contributed by atoms with Crippen molar-refractivity contribution in [3.8, 4) is 0 Å². The summed E-state index contributed by atoms with van der Waals surface area (Å²) >= 11 is 5.64. The van der Waals surface area contributed by atoms with E-state index in [0.717, 1.165) is 6.07 Å². The maximum absolute atomic E-state index is 13.0. The molecule has 1 amide bonds. The maximum atomic E-state index is 13.0. The molecule has 0 aliphatic heterocycles. The number of aliphatic hydroxyl groups excluding tert-OH is 1. The predicted molar refractivity (Wildman–Crippen MR) is 61.6 cm³/mol. The fourth-order valence-electron chi connectivity index (χ4n) is 1.30. The molecule has 1 aromatic rings. The van der Waals surface area contributed by atoms with Crippen LogP contribution >= 0.6 is 11.6 Å². The van der Waals surface area contributed by atoms with E-state index >= 15 is 0 Å². The first-order chi connectivity index (χ1) is 8.49. The lowest BCUT2D eigenvalue weighted by Crippen LogP contribution is -2.40. The Hall–Kier alpha value is -1.24. The lowest BCUT2D eigenvalue weighted by molar-refractivity contribution is 0.0839. The summed E-state index contributed by atoms with van der Waals surface area (Å²) < 4.78 is 30.6. The van der Waals surface area contributed by atoms with E-state index < -0.39 is 23.6 Å². The van der Waals surface area contributed by atoms with Crippen LogP contribution in [0.3, 0.4) is 0 Å². The molecule has 0 saturated carbocycles. The molecule has 0 aromatic heterocycles. The molecule has 0 spiro atoms. The minimum Gasteiger partial charge on any atom is -0.394 e. The Morgan fingerprint density at radius 1 is 1.50 bits per heavy atom. The van der Waals surface area contributed by atoms with Crippen LogP contribution in [0.1, 0.15) is 10.4 Å². The van der Waals surface area contributed by atoms with Crippen LogP contribution in [0.2, 0.25) is 5.02 Å². The molecule has 2 N–H and O–H groups in total. The largest absolute Gasteiger partial charge is 0.394 e. The van der Waals surface area contributed by atoms with Crippen molar-refractivity contribution in [1.29, 1.82) is 0 Å². The van der Waals surface area contributed by atoms with E-state index in [0.29, 0.717) is 6.07 Å². The first-order valence-electron chi connectivity index (χ1n) is 5.04. The third kappa shape index (κ3) is 3.63. The Kier molecular flexibility index (Phi) is 5.46. The van der Waals surface area contributed by atoms with Gasteiger partial charge in [-0.05, 0) is 12.1 Å². The molecule has 0 heterocycles. The molecule has 4 nitrogen and oxygen atoms in total. The van der Waals surface area contributed by atoms with Gasteiger partial charge in [-0.15, -0.1) is 0 Å². The van der Waals surface area contributed by atoms with Gasteiger partial charge in [-0.1, -0.05) is 11.6 Å². The molecule has 0 aliphatic rings. The van der Waals surface area contributed by atoms with Gasteiger partial charge in [0.05, 0.1) is 29.8 Å². The first-order valence-corrected chi connectivity index (χ1v) is 5.42. The highest BCUT2D eigenvalue weighted by atomic mass is 35.5. The number of ether oxygens (including phenoxy) is 1. The quantitative estimate of drug-likeness (QED) is 0.800. The van der Waals surface area contributed by atoms with Gasteiger partial charge in [-0.3, -0.25) is 4.79 Å². The van der Waals surface area contributed by atoms with Crippen molar-refractivity contribution in [2.45, 2.75) is 6.04 Å². The van der Waals surface area contributed by atoms with Gasteiger partial charge in [-0.25, -0.2) is 8.78 Å². The summed E-state index contributed by atoms with van der Waals surface area (Å²) in [5, 5.41) is 11.1. The van der Waals surface area contributed by atoms with Crippen LogP contribution in [-0.4, -0.2) is 37.4 Å². The highest BCUT2D eigenvalue weighted by Crippen LogP contribution is 2.20. The standard InChI is InChI=1S/C11H12ClF2NO3/c1-18-5-6(4-16)15-11(17)7-2-9(13)10(14)3-8(7)12/h2-3,6,16H,4-5H2,1H3,(H,15,17). The lowest BCUT2D eigenvalue weighted by atomic mass is 10.2.